The van der Waals surface area contributed by atoms with Crippen LogP contribution in [-0.2, 0) is 6.42 Å². The van der Waals surface area contributed by atoms with Gasteiger partial charge in [0.15, 0.2) is 6.23 Å². The van der Waals surface area contributed by atoms with Crippen LogP contribution in [0.1, 0.15) is 52.2 Å². The molecule has 1 aliphatic carbocycles. The summed E-state index contributed by atoms with van der Waals surface area (Å²) in [6.07, 6.45) is 1.61. The number of hydroxylamine groups is 1. The maximum Gasteiger partial charge on any atom is 0.251 e. The molecule has 0 radical (unpaired) electrons. The Bertz CT molecular complexity index is 987. The van der Waals surface area contributed by atoms with Crippen molar-refractivity contribution in [3.8, 4) is 11.1 Å². The van der Waals surface area contributed by atoms with Gasteiger partial charge in [0.05, 0.1) is 6.04 Å². The van der Waals surface area contributed by atoms with Crippen LogP contribution in [0.2, 0.25) is 0 Å². The Balaban J connectivity index is 1.49. The molecule has 5 heteroatoms. The van der Waals surface area contributed by atoms with E-state index in [1.165, 1.54) is 0 Å². The molecule has 0 heterocycles. The molecule has 29 heavy (non-hydrogen) atoms. The van der Waals surface area contributed by atoms with Crippen molar-refractivity contribution in [2.75, 3.05) is 0 Å². The van der Waals surface area contributed by atoms with Gasteiger partial charge >= 0.3 is 0 Å². The molecule has 5 nitrogen and oxygen atoms in total. The number of aryl methyl sites for hydroxylation is 1. The van der Waals surface area contributed by atoms with E-state index in [9.17, 15) is 9.90 Å². The third kappa shape index (κ3) is 4.22. The monoisotopic (exact) mass is 388 g/mol. The zero-order valence-corrected chi connectivity index (χ0v) is 16.0. The van der Waals surface area contributed by atoms with Gasteiger partial charge in [0.25, 0.3) is 5.91 Å². The molecule has 3 aromatic rings. The SMILES string of the molecule is O=C(NC1CCCc2cc(C(O)NO)ccc21)c1ccc(-c2ccccc2)cc1. The maximum atomic E-state index is 12.8. The summed E-state index contributed by atoms with van der Waals surface area (Å²) in [5, 5.41) is 21.8. The number of hydrogen-bond donors (Lipinski definition) is 4. The molecule has 0 bridgehead atoms. The van der Waals surface area contributed by atoms with Crippen LogP contribution < -0.4 is 10.8 Å². The van der Waals surface area contributed by atoms with Gasteiger partial charge in [-0.05, 0) is 59.2 Å². The maximum absolute atomic E-state index is 12.8. The van der Waals surface area contributed by atoms with Gasteiger partial charge in [-0.3, -0.25) is 4.79 Å². The summed E-state index contributed by atoms with van der Waals surface area (Å²) in [6, 6.07) is 23.2. The molecular weight excluding hydrogens is 364 g/mol. The van der Waals surface area contributed by atoms with E-state index in [4.69, 9.17) is 5.21 Å². The van der Waals surface area contributed by atoms with Crippen LogP contribution in [0, 0.1) is 0 Å². The molecule has 1 aliphatic rings. The summed E-state index contributed by atoms with van der Waals surface area (Å²) in [5.74, 6) is -0.0939. The zero-order chi connectivity index (χ0) is 20.2. The average Bonchev–Trinajstić information content (AvgIpc) is 2.79. The molecule has 148 valence electrons. The number of aliphatic hydroxyl groups is 1. The lowest BCUT2D eigenvalue weighted by molar-refractivity contribution is 0.000634. The fourth-order valence-corrected chi connectivity index (χ4v) is 3.92. The molecule has 1 amide bonds. The Hall–Kier alpha value is -2.99. The van der Waals surface area contributed by atoms with Crippen molar-refractivity contribution in [2.24, 2.45) is 0 Å². The number of carbonyl (C=O) groups excluding carboxylic acids is 1. The highest BCUT2D eigenvalue weighted by molar-refractivity contribution is 5.95. The quantitative estimate of drug-likeness (QED) is 0.391. The van der Waals surface area contributed by atoms with Crippen LogP contribution in [0.4, 0.5) is 0 Å². The minimum atomic E-state index is -1.11. The minimum Gasteiger partial charge on any atom is -0.372 e. The first-order valence-corrected chi connectivity index (χ1v) is 9.82. The van der Waals surface area contributed by atoms with E-state index in [2.05, 4.69) is 5.32 Å². The Morgan fingerprint density at radius 3 is 2.41 bits per heavy atom. The molecule has 0 spiro atoms. The van der Waals surface area contributed by atoms with E-state index in [1.807, 2.05) is 72.2 Å². The van der Waals surface area contributed by atoms with Crippen molar-refractivity contribution in [3.63, 3.8) is 0 Å². The van der Waals surface area contributed by atoms with Crippen LogP contribution in [0.15, 0.2) is 72.8 Å². The van der Waals surface area contributed by atoms with Gasteiger partial charge in [0.2, 0.25) is 0 Å². The first kappa shape index (κ1) is 19.3. The highest BCUT2D eigenvalue weighted by Crippen LogP contribution is 2.31. The van der Waals surface area contributed by atoms with Crippen molar-refractivity contribution in [2.45, 2.75) is 31.5 Å². The Morgan fingerprint density at radius 2 is 1.69 bits per heavy atom. The second-order valence-electron chi connectivity index (χ2n) is 7.35. The Kier molecular flexibility index (Phi) is 5.71. The number of rotatable bonds is 5. The summed E-state index contributed by atoms with van der Waals surface area (Å²) < 4.78 is 0. The van der Waals surface area contributed by atoms with Gasteiger partial charge < -0.3 is 15.6 Å². The predicted molar refractivity (Wildman–Crippen MR) is 111 cm³/mol. The number of benzene rings is 3. The molecule has 0 aromatic heterocycles. The highest BCUT2D eigenvalue weighted by Gasteiger charge is 2.23. The van der Waals surface area contributed by atoms with Crippen molar-refractivity contribution in [1.82, 2.24) is 10.8 Å². The number of carbonyl (C=O) groups is 1. The molecule has 0 aliphatic heterocycles. The van der Waals surface area contributed by atoms with Gasteiger partial charge in [-0.1, -0.05) is 60.7 Å². The van der Waals surface area contributed by atoms with Crippen LogP contribution in [-0.4, -0.2) is 16.2 Å². The summed E-state index contributed by atoms with van der Waals surface area (Å²) in [7, 11) is 0. The summed E-state index contributed by atoms with van der Waals surface area (Å²) in [4.78, 5) is 12.8. The first-order valence-electron chi connectivity index (χ1n) is 9.82. The normalized spacial score (nSPS) is 16.7. The predicted octanol–water partition coefficient (Wildman–Crippen LogP) is 4.13. The van der Waals surface area contributed by atoms with E-state index < -0.39 is 6.23 Å². The number of hydrogen-bond acceptors (Lipinski definition) is 4. The third-order valence-corrected chi connectivity index (χ3v) is 5.48. The third-order valence-electron chi connectivity index (χ3n) is 5.48. The number of amides is 1. The van der Waals surface area contributed by atoms with Crippen LogP contribution in [0.3, 0.4) is 0 Å². The number of nitrogens with one attached hydrogen (secondary N) is 2. The minimum absolute atomic E-state index is 0.0617. The number of fused-ring (bicyclic) bond motifs is 1. The first-order chi connectivity index (χ1) is 14.2. The molecule has 4 rings (SSSR count). The van der Waals surface area contributed by atoms with Gasteiger partial charge in [0, 0.05) is 5.56 Å². The lowest BCUT2D eigenvalue weighted by atomic mass is 9.86. The molecular formula is C24H24N2O3. The molecule has 3 aromatic carbocycles. The van der Waals surface area contributed by atoms with Crippen LogP contribution in [0.5, 0.6) is 0 Å². The van der Waals surface area contributed by atoms with E-state index in [-0.39, 0.29) is 11.9 Å². The second kappa shape index (κ2) is 8.57. The molecule has 0 fully saturated rings. The van der Waals surface area contributed by atoms with E-state index in [1.54, 1.807) is 6.07 Å². The largest absolute Gasteiger partial charge is 0.372 e. The summed E-state index contributed by atoms with van der Waals surface area (Å²) >= 11 is 0. The van der Waals surface area contributed by atoms with Crippen molar-refractivity contribution in [3.05, 3.63) is 95.1 Å². The Labute approximate surface area is 170 Å². The molecule has 2 unspecified atom stereocenters. The number of aliphatic hydroxyl groups excluding tert-OH is 1. The molecule has 0 saturated heterocycles. The van der Waals surface area contributed by atoms with Gasteiger partial charge in [-0.25, -0.2) is 0 Å². The molecule has 4 N–H and O–H groups in total. The van der Waals surface area contributed by atoms with Crippen molar-refractivity contribution < 1.29 is 15.1 Å². The smallest absolute Gasteiger partial charge is 0.251 e. The van der Waals surface area contributed by atoms with Crippen LogP contribution in [0.25, 0.3) is 11.1 Å². The van der Waals surface area contributed by atoms with E-state index in [0.717, 1.165) is 41.5 Å². The van der Waals surface area contributed by atoms with Crippen molar-refractivity contribution in [1.29, 1.82) is 0 Å². The lowest BCUT2D eigenvalue weighted by Crippen LogP contribution is -2.31. The highest BCUT2D eigenvalue weighted by atomic mass is 16.5. The summed E-state index contributed by atoms with van der Waals surface area (Å²) in [6.45, 7) is 0. The zero-order valence-electron chi connectivity index (χ0n) is 16.0. The topological polar surface area (TPSA) is 81.6 Å². The van der Waals surface area contributed by atoms with Gasteiger partial charge in [0.1, 0.15) is 0 Å². The van der Waals surface area contributed by atoms with E-state index in [0.29, 0.717) is 11.1 Å². The van der Waals surface area contributed by atoms with Crippen molar-refractivity contribution >= 4 is 5.91 Å². The molecule has 0 saturated carbocycles. The fraction of sp³-hybridized carbons (Fsp3) is 0.208. The van der Waals surface area contributed by atoms with Crippen LogP contribution >= 0.6 is 0 Å². The lowest BCUT2D eigenvalue weighted by Gasteiger charge is -2.27. The standard InChI is InChI=1S/C24H24N2O3/c27-23(18-11-9-17(10-12-18)16-5-2-1-3-6-16)25-22-8-4-7-19-15-20(24(28)26-29)13-14-21(19)22/h1-3,5-6,9-15,22,24,26,28-29H,4,7-8H2,(H,25,27). The Morgan fingerprint density at radius 1 is 0.966 bits per heavy atom. The second-order valence-corrected chi connectivity index (χ2v) is 7.35. The molecule has 2 atom stereocenters. The van der Waals surface area contributed by atoms with Gasteiger partial charge in [-0.2, -0.15) is 5.48 Å². The average molecular weight is 388 g/mol. The van der Waals surface area contributed by atoms with E-state index >= 15 is 0 Å². The summed E-state index contributed by atoms with van der Waals surface area (Å²) in [5.41, 5.74) is 7.45. The fourth-order valence-electron chi connectivity index (χ4n) is 3.92. The van der Waals surface area contributed by atoms with Gasteiger partial charge in [-0.15, -0.1) is 0 Å².